The molecule has 1 aromatic carbocycles. The van der Waals surface area contributed by atoms with Crippen LogP contribution in [-0.2, 0) is 4.74 Å². The molecule has 1 heterocycles. The zero-order valence-electron chi connectivity index (χ0n) is 10.7. The van der Waals surface area contributed by atoms with Gasteiger partial charge in [-0.3, -0.25) is 4.98 Å². The molecule has 0 amide bonds. The summed E-state index contributed by atoms with van der Waals surface area (Å²) < 4.78 is 5.20. The molecule has 5 heteroatoms. The largest absolute Gasteiger partial charge is 0.383 e. The molecule has 2 rings (SSSR count). The summed E-state index contributed by atoms with van der Waals surface area (Å²) in [5.74, 6) is 0.593. The molecule has 1 unspecified atom stereocenters. The second-order valence-corrected chi connectivity index (χ2v) is 5.11. The van der Waals surface area contributed by atoms with Crippen LogP contribution >= 0.6 is 23.2 Å². The third-order valence-electron chi connectivity index (χ3n) is 2.89. The Balaban J connectivity index is 2.28. The van der Waals surface area contributed by atoms with E-state index in [9.17, 15) is 0 Å². The lowest BCUT2D eigenvalue weighted by Gasteiger charge is -2.19. The molecular weight excluding hydrogens is 283 g/mol. The van der Waals surface area contributed by atoms with Crippen molar-refractivity contribution in [1.29, 1.82) is 0 Å². The maximum Gasteiger partial charge on any atom is 0.0737 e. The van der Waals surface area contributed by atoms with E-state index in [4.69, 9.17) is 27.9 Å². The smallest absolute Gasteiger partial charge is 0.0737 e. The van der Waals surface area contributed by atoms with Gasteiger partial charge >= 0.3 is 0 Å². The van der Waals surface area contributed by atoms with E-state index in [1.807, 2.05) is 24.3 Å². The number of anilines is 1. The Labute approximate surface area is 122 Å². The fourth-order valence-corrected chi connectivity index (χ4v) is 2.43. The number of rotatable bonds is 6. The molecule has 3 nitrogen and oxygen atoms in total. The van der Waals surface area contributed by atoms with Gasteiger partial charge in [-0.05, 0) is 30.7 Å². The topological polar surface area (TPSA) is 34.1 Å². The van der Waals surface area contributed by atoms with Gasteiger partial charge in [-0.1, -0.05) is 11.6 Å². The quantitative estimate of drug-likeness (QED) is 0.820. The summed E-state index contributed by atoms with van der Waals surface area (Å²) in [4.78, 5) is 4.32. The van der Waals surface area contributed by atoms with E-state index in [-0.39, 0.29) is 6.04 Å². The maximum atomic E-state index is 5.98. The second-order valence-electron chi connectivity index (χ2n) is 4.29. The Morgan fingerprint density at radius 3 is 2.95 bits per heavy atom. The molecule has 0 aliphatic heterocycles. The third kappa shape index (κ3) is 3.72. The number of nitrogens with one attached hydrogen (secondary N) is 1. The Kier molecular flexibility index (Phi) is 5.25. The first-order valence-electron chi connectivity index (χ1n) is 6.10. The van der Waals surface area contributed by atoms with Crippen molar-refractivity contribution in [1.82, 2.24) is 4.98 Å². The van der Waals surface area contributed by atoms with Crippen molar-refractivity contribution in [3.63, 3.8) is 0 Å². The van der Waals surface area contributed by atoms with Crippen LogP contribution < -0.4 is 5.32 Å². The summed E-state index contributed by atoms with van der Waals surface area (Å²) in [6.07, 6.45) is 2.61. The fourth-order valence-electron chi connectivity index (χ4n) is 2.00. The standard InChI is InChI=1S/C14H16Cl2N2O/c1-19-9-11(4-6-15)18-13-5-7-17-14-8-10(16)2-3-12(13)14/h2-3,5,7-8,11H,4,6,9H2,1H3,(H,17,18). The van der Waals surface area contributed by atoms with Crippen molar-refractivity contribution >= 4 is 39.8 Å². The molecule has 102 valence electrons. The highest BCUT2D eigenvalue weighted by molar-refractivity contribution is 6.31. The van der Waals surface area contributed by atoms with Crippen molar-refractivity contribution in [2.45, 2.75) is 12.5 Å². The predicted octanol–water partition coefficient (Wildman–Crippen LogP) is 3.94. The number of fused-ring (bicyclic) bond motifs is 1. The lowest BCUT2D eigenvalue weighted by molar-refractivity contribution is 0.184. The zero-order chi connectivity index (χ0) is 13.7. The first kappa shape index (κ1) is 14.4. The van der Waals surface area contributed by atoms with Crippen LogP contribution in [0.1, 0.15) is 6.42 Å². The second kappa shape index (κ2) is 6.94. The molecule has 0 fully saturated rings. The summed E-state index contributed by atoms with van der Waals surface area (Å²) in [6.45, 7) is 0.615. The normalized spacial score (nSPS) is 12.6. The van der Waals surface area contributed by atoms with Gasteiger partial charge in [0.1, 0.15) is 0 Å². The van der Waals surface area contributed by atoms with Gasteiger partial charge in [-0.2, -0.15) is 0 Å². The van der Waals surface area contributed by atoms with Gasteiger partial charge in [0.25, 0.3) is 0 Å². The summed E-state index contributed by atoms with van der Waals surface area (Å²) in [5, 5.41) is 5.18. The lowest BCUT2D eigenvalue weighted by Crippen LogP contribution is -2.25. The number of aromatic nitrogens is 1. The van der Waals surface area contributed by atoms with Crippen LogP contribution in [0.15, 0.2) is 30.5 Å². The van der Waals surface area contributed by atoms with Crippen molar-refractivity contribution in [3.05, 3.63) is 35.5 Å². The van der Waals surface area contributed by atoms with E-state index in [0.29, 0.717) is 17.5 Å². The van der Waals surface area contributed by atoms with Gasteiger partial charge in [-0.15, -0.1) is 11.6 Å². The molecule has 2 aromatic rings. The Morgan fingerprint density at radius 2 is 2.21 bits per heavy atom. The fraction of sp³-hybridized carbons (Fsp3) is 0.357. The highest BCUT2D eigenvalue weighted by atomic mass is 35.5. The number of alkyl halides is 1. The Bertz CT molecular complexity index is 542. The molecule has 0 bridgehead atoms. The highest BCUT2D eigenvalue weighted by Crippen LogP contribution is 2.25. The molecule has 0 radical (unpaired) electrons. The number of benzene rings is 1. The highest BCUT2D eigenvalue weighted by Gasteiger charge is 2.10. The summed E-state index contributed by atoms with van der Waals surface area (Å²) >= 11 is 11.8. The van der Waals surface area contributed by atoms with Crippen LogP contribution in [-0.4, -0.2) is 30.6 Å². The van der Waals surface area contributed by atoms with Gasteiger partial charge in [0, 0.05) is 35.3 Å². The minimum Gasteiger partial charge on any atom is -0.383 e. The van der Waals surface area contributed by atoms with E-state index in [0.717, 1.165) is 23.0 Å². The first-order valence-corrected chi connectivity index (χ1v) is 7.01. The average molecular weight is 299 g/mol. The maximum absolute atomic E-state index is 5.98. The summed E-state index contributed by atoms with van der Waals surface area (Å²) in [7, 11) is 1.69. The molecule has 0 saturated heterocycles. The van der Waals surface area contributed by atoms with Gasteiger partial charge in [0.15, 0.2) is 0 Å². The number of hydrogen-bond acceptors (Lipinski definition) is 3. The molecule has 0 aliphatic carbocycles. The summed E-state index contributed by atoms with van der Waals surface area (Å²) in [6, 6.07) is 7.83. The third-order valence-corrected chi connectivity index (χ3v) is 3.34. The van der Waals surface area contributed by atoms with Crippen LogP contribution in [0.3, 0.4) is 0 Å². The molecule has 0 aliphatic rings. The van der Waals surface area contributed by atoms with E-state index >= 15 is 0 Å². The number of methoxy groups -OCH3 is 1. The number of pyridine rings is 1. The minimum atomic E-state index is 0.184. The molecule has 1 aromatic heterocycles. The number of halogens is 2. The van der Waals surface area contributed by atoms with Crippen LogP contribution in [0, 0.1) is 0 Å². The van der Waals surface area contributed by atoms with E-state index in [1.165, 1.54) is 0 Å². The van der Waals surface area contributed by atoms with Crippen molar-refractivity contribution in [2.75, 3.05) is 24.9 Å². The SMILES string of the molecule is COCC(CCCl)Nc1ccnc2cc(Cl)ccc12. The van der Waals surface area contributed by atoms with Gasteiger partial charge in [0.05, 0.1) is 18.2 Å². The van der Waals surface area contributed by atoms with Crippen molar-refractivity contribution < 1.29 is 4.74 Å². The monoisotopic (exact) mass is 298 g/mol. The predicted molar refractivity (Wildman–Crippen MR) is 81.4 cm³/mol. The Hall–Kier alpha value is -1.03. The molecule has 0 saturated carbocycles. The molecular formula is C14H16Cl2N2O. The molecule has 0 spiro atoms. The van der Waals surface area contributed by atoms with Crippen LogP contribution in [0.25, 0.3) is 10.9 Å². The number of hydrogen-bond donors (Lipinski definition) is 1. The number of ether oxygens (including phenoxy) is 1. The number of nitrogens with zero attached hydrogens (tertiary/aromatic N) is 1. The zero-order valence-corrected chi connectivity index (χ0v) is 12.2. The minimum absolute atomic E-state index is 0.184. The molecule has 1 atom stereocenters. The molecule has 19 heavy (non-hydrogen) atoms. The van der Waals surface area contributed by atoms with Crippen LogP contribution in [0.4, 0.5) is 5.69 Å². The van der Waals surface area contributed by atoms with Crippen molar-refractivity contribution in [3.8, 4) is 0 Å². The average Bonchev–Trinajstić information content (AvgIpc) is 2.39. The van der Waals surface area contributed by atoms with Gasteiger partial charge < -0.3 is 10.1 Å². The lowest BCUT2D eigenvalue weighted by atomic mass is 10.1. The summed E-state index contributed by atoms with van der Waals surface area (Å²) in [5.41, 5.74) is 1.90. The van der Waals surface area contributed by atoms with E-state index in [2.05, 4.69) is 10.3 Å². The van der Waals surface area contributed by atoms with Crippen LogP contribution in [0.2, 0.25) is 5.02 Å². The van der Waals surface area contributed by atoms with Crippen LogP contribution in [0.5, 0.6) is 0 Å². The van der Waals surface area contributed by atoms with E-state index < -0.39 is 0 Å². The Morgan fingerprint density at radius 1 is 1.37 bits per heavy atom. The molecule has 1 N–H and O–H groups in total. The van der Waals surface area contributed by atoms with Crippen molar-refractivity contribution in [2.24, 2.45) is 0 Å². The van der Waals surface area contributed by atoms with E-state index in [1.54, 1.807) is 13.3 Å². The first-order chi connectivity index (χ1) is 9.24. The van der Waals surface area contributed by atoms with Gasteiger partial charge in [-0.25, -0.2) is 0 Å². The van der Waals surface area contributed by atoms with Gasteiger partial charge in [0.2, 0.25) is 0 Å².